The molecular formula is C16H14BrClN4OS2. The Morgan fingerprint density at radius 2 is 2.28 bits per heavy atom. The zero-order valence-corrected chi connectivity index (χ0v) is 17.2. The number of hydrogen-bond donors (Lipinski definition) is 1. The van der Waals surface area contributed by atoms with E-state index >= 15 is 0 Å². The van der Waals surface area contributed by atoms with Crippen LogP contribution in [-0.2, 0) is 11.3 Å². The number of amides is 1. The van der Waals surface area contributed by atoms with Gasteiger partial charge in [-0.2, -0.15) is 0 Å². The summed E-state index contributed by atoms with van der Waals surface area (Å²) in [6.45, 7) is 2.47. The summed E-state index contributed by atoms with van der Waals surface area (Å²) in [6, 6.07) is 7.75. The molecule has 1 aromatic carbocycles. The topological polar surface area (TPSA) is 59.8 Å². The molecule has 130 valence electrons. The van der Waals surface area contributed by atoms with Gasteiger partial charge in [-0.05, 0) is 46.6 Å². The summed E-state index contributed by atoms with van der Waals surface area (Å²) in [4.78, 5) is 13.1. The molecule has 9 heteroatoms. The Morgan fingerprint density at radius 1 is 1.44 bits per heavy atom. The first-order valence-corrected chi connectivity index (χ1v) is 10.4. The summed E-state index contributed by atoms with van der Waals surface area (Å²) in [7, 11) is 0. The van der Waals surface area contributed by atoms with Gasteiger partial charge >= 0.3 is 0 Å². The van der Waals surface area contributed by atoms with Crippen molar-refractivity contribution in [2.75, 3.05) is 5.75 Å². The predicted molar refractivity (Wildman–Crippen MR) is 106 cm³/mol. The van der Waals surface area contributed by atoms with Crippen LogP contribution in [0.25, 0.3) is 5.69 Å². The van der Waals surface area contributed by atoms with Crippen LogP contribution in [0.5, 0.6) is 0 Å². The molecule has 0 bridgehead atoms. The maximum absolute atomic E-state index is 12.0. The maximum Gasteiger partial charge on any atom is 0.230 e. The third-order valence-corrected chi connectivity index (χ3v) is 6.41. The number of aromatic nitrogens is 3. The van der Waals surface area contributed by atoms with Crippen molar-refractivity contribution in [2.24, 2.45) is 0 Å². The van der Waals surface area contributed by atoms with Crippen molar-refractivity contribution in [2.45, 2.75) is 18.6 Å². The summed E-state index contributed by atoms with van der Waals surface area (Å²) in [5, 5.41) is 14.2. The summed E-state index contributed by atoms with van der Waals surface area (Å²) in [6.07, 6.45) is 1.62. The molecule has 1 N–H and O–H groups in total. The fourth-order valence-corrected chi connectivity index (χ4v) is 4.37. The number of nitrogens with zero attached hydrogens (tertiary/aromatic N) is 3. The van der Waals surface area contributed by atoms with E-state index in [9.17, 15) is 4.79 Å². The maximum atomic E-state index is 12.0. The van der Waals surface area contributed by atoms with E-state index in [-0.39, 0.29) is 11.7 Å². The second-order valence-electron chi connectivity index (χ2n) is 5.21. The van der Waals surface area contributed by atoms with E-state index in [2.05, 4.69) is 31.4 Å². The summed E-state index contributed by atoms with van der Waals surface area (Å²) in [5.41, 5.74) is 1.87. The molecule has 0 saturated heterocycles. The number of aryl methyl sites for hydroxylation is 1. The molecule has 0 aliphatic heterocycles. The SMILES string of the molecule is Cc1ccc(-n2cnnc2SCC(=O)NCc2cc(Br)cs2)cc1Cl. The first kappa shape index (κ1) is 18.4. The lowest BCUT2D eigenvalue weighted by Gasteiger charge is -2.08. The molecule has 2 aromatic heterocycles. The molecule has 0 saturated carbocycles. The van der Waals surface area contributed by atoms with E-state index in [4.69, 9.17) is 11.6 Å². The monoisotopic (exact) mass is 456 g/mol. The van der Waals surface area contributed by atoms with Gasteiger partial charge in [-0.25, -0.2) is 0 Å². The predicted octanol–water partition coefficient (Wildman–Crippen LogP) is 4.46. The number of carbonyl (C=O) groups excluding carboxylic acids is 1. The number of halogens is 2. The average Bonchev–Trinajstić information content (AvgIpc) is 3.22. The third kappa shape index (κ3) is 4.84. The molecule has 0 aliphatic carbocycles. The highest BCUT2D eigenvalue weighted by Gasteiger charge is 2.11. The standard InChI is InChI=1S/C16H14BrClN4OS2/c1-10-2-3-12(5-14(10)18)22-9-20-21-16(22)25-8-15(23)19-6-13-4-11(17)7-24-13/h2-5,7,9H,6,8H2,1H3,(H,19,23). The van der Waals surface area contributed by atoms with Gasteiger partial charge in [0, 0.05) is 19.8 Å². The van der Waals surface area contributed by atoms with Gasteiger partial charge < -0.3 is 5.32 Å². The molecule has 2 heterocycles. The van der Waals surface area contributed by atoms with Crippen LogP contribution < -0.4 is 5.32 Å². The Kier molecular flexibility index (Phi) is 6.16. The van der Waals surface area contributed by atoms with Crippen LogP contribution in [0.15, 0.2) is 45.6 Å². The minimum Gasteiger partial charge on any atom is -0.350 e. The number of benzene rings is 1. The molecule has 1 amide bonds. The van der Waals surface area contributed by atoms with Crippen LogP contribution in [0.2, 0.25) is 5.02 Å². The molecule has 0 aliphatic rings. The smallest absolute Gasteiger partial charge is 0.230 e. The lowest BCUT2D eigenvalue weighted by molar-refractivity contribution is -0.118. The summed E-state index contributed by atoms with van der Waals surface area (Å²) >= 11 is 12.5. The molecule has 0 unspecified atom stereocenters. The Balaban J connectivity index is 1.59. The zero-order chi connectivity index (χ0) is 17.8. The van der Waals surface area contributed by atoms with Crippen molar-refractivity contribution in [3.05, 3.63) is 55.9 Å². The Morgan fingerprint density at radius 3 is 3.00 bits per heavy atom. The first-order chi connectivity index (χ1) is 12.0. The van der Waals surface area contributed by atoms with Gasteiger partial charge in [0.05, 0.1) is 18.0 Å². The van der Waals surface area contributed by atoms with Gasteiger partial charge in [-0.3, -0.25) is 9.36 Å². The van der Waals surface area contributed by atoms with Crippen molar-refractivity contribution < 1.29 is 4.79 Å². The van der Waals surface area contributed by atoms with Crippen LogP contribution in [0.3, 0.4) is 0 Å². The van der Waals surface area contributed by atoms with E-state index in [0.717, 1.165) is 20.6 Å². The van der Waals surface area contributed by atoms with Crippen molar-refractivity contribution in [3.63, 3.8) is 0 Å². The number of rotatable bonds is 6. The molecule has 3 aromatic rings. The van der Waals surface area contributed by atoms with Crippen molar-refractivity contribution >= 4 is 56.5 Å². The van der Waals surface area contributed by atoms with Crippen molar-refractivity contribution in [3.8, 4) is 5.69 Å². The first-order valence-electron chi connectivity index (χ1n) is 7.32. The molecular weight excluding hydrogens is 444 g/mol. The second kappa shape index (κ2) is 8.35. The van der Waals surface area contributed by atoms with Gasteiger partial charge in [-0.15, -0.1) is 21.5 Å². The molecule has 0 fully saturated rings. The van der Waals surface area contributed by atoms with Gasteiger partial charge in [0.1, 0.15) is 6.33 Å². The molecule has 5 nitrogen and oxygen atoms in total. The van der Waals surface area contributed by atoms with Gasteiger partial charge in [0.25, 0.3) is 0 Å². The van der Waals surface area contributed by atoms with Crippen LogP contribution in [0.1, 0.15) is 10.4 Å². The Labute approximate surface area is 166 Å². The molecule has 0 atom stereocenters. The third-order valence-electron chi connectivity index (χ3n) is 3.36. The van der Waals surface area contributed by atoms with Gasteiger partial charge in [0.15, 0.2) is 5.16 Å². The van der Waals surface area contributed by atoms with E-state index in [1.54, 1.807) is 17.7 Å². The Bertz CT molecular complexity index is 896. The Hall–Kier alpha value is -1.35. The number of carbonyl (C=O) groups is 1. The fourth-order valence-electron chi connectivity index (χ4n) is 2.04. The molecule has 0 spiro atoms. The summed E-state index contributed by atoms with van der Waals surface area (Å²) in [5.74, 6) is 0.219. The second-order valence-corrected chi connectivity index (χ2v) is 8.47. The number of thiophene rings is 1. The van der Waals surface area contributed by atoms with Crippen LogP contribution in [0, 0.1) is 6.92 Å². The molecule has 0 radical (unpaired) electrons. The van der Waals surface area contributed by atoms with E-state index in [0.29, 0.717) is 16.7 Å². The lowest BCUT2D eigenvalue weighted by Crippen LogP contribution is -2.24. The minimum absolute atomic E-state index is 0.0500. The van der Waals surface area contributed by atoms with E-state index < -0.39 is 0 Å². The van der Waals surface area contributed by atoms with E-state index in [1.165, 1.54) is 11.8 Å². The number of hydrogen-bond acceptors (Lipinski definition) is 5. The zero-order valence-electron chi connectivity index (χ0n) is 13.2. The normalized spacial score (nSPS) is 10.8. The highest BCUT2D eigenvalue weighted by atomic mass is 79.9. The summed E-state index contributed by atoms with van der Waals surface area (Å²) < 4.78 is 2.85. The minimum atomic E-state index is -0.0500. The fraction of sp³-hybridized carbons (Fsp3) is 0.188. The quantitative estimate of drug-likeness (QED) is 0.555. The van der Waals surface area contributed by atoms with Crippen molar-refractivity contribution in [1.29, 1.82) is 0 Å². The van der Waals surface area contributed by atoms with Gasteiger partial charge in [0.2, 0.25) is 5.91 Å². The number of nitrogens with one attached hydrogen (secondary N) is 1. The molecule has 3 rings (SSSR count). The van der Waals surface area contributed by atoms with Crippen LogP contribution >= 0.6 is 50.6 Å². The average molecular weight is 458 g/mol. The largest absolute Gasteiger partial charge is 0.350 e. The lowest BCUT2D eigenvalue weighted by atomic mass is 10.2. The van der Waals surface area contributed by atoms with E-state index in [1.807, 2.05) is 41.1 Å². The highest BCUT2D eigenvalue weighted by molar-refractivity contribution is 9.10. The highest BCUT2D eigenvalue weighted by Crippen LogP contribution is 2.24. The molecule has 25 heavy (non-hydrogen) atoms. The number of thioether (sulfide) groups is 1. The van der Waals surface area contributed by atoms with Crippen LogP contribution in [0.4, 0.5) is 0 Å². The van der Waals surface area contributed by atoms with Crippen molar-refractivity contribution in [1.82, 2.24) is 20.1 Å². The van der Waals surface area contributed by atoms with Crippen LogP contribution in [-0.4, -0.2) is 26.4 Å². The van der Waals surface area contributed by atoms with Gasteiger partial charge in [-0.1, -0.05) is 29.4 Å².